The Morgan fingerprint density at radius 3 is 1.17 bits per heavy atom. The molecule has 2 heterocycles. The third-order valence-electron chi connectivity index (χ3n) is 7.42. The molecule has 0 N–H and O–H groups in total. The standard InChI is InChI=1S/C35H34N2O4/c1-35(2,27-9-17-31(18-10-27)40-29-13-5-25(6-14-29)33-36-21-3-23-38-33)28-11-19-32(20-12-28)41-30-15-7-26(8-16-30)34-37-22-4-24-39-34/h5-20H,3-4,21-24H2,1-2H3. The molecule has 0 amide bonds. The zero-order chi connectivity index (χ0) is 28.1. The van der Waals surface area contributed by atoms with Gasteiger partial charge in [0, 0.05) is 42.5 Å². The minimum Gasteiger partial charge on any atom is -0.477 e. The van der Waals surface area contributed by atoms with Crippen molar-refractivity contribution >= 4 is 11.8 Å². The lowest BCUT2D eigenvalue weighted by Crippen LogP contribution is -2.18. The highest BCUT2D eigenvalue weighted by molar-refractivity contribution is 5.95. The van der Waals surface area contributed by atoms with Crippen molar-refractivity contribution in [3.05, 3.63) is 119 Å². The smallest absolute Gasteiger partial charge is 0.216 e. The van der Waals surface area contributed by atoms with Crippen molar-refractivity contribution in [2.75, 3.05) is 26.3 Å². The Kier molecular flexibility index (Phi) is 7.72. The summed E-state index contributed by atoms with van der Waals surface area (Å²) in [5.41, 5.74) is 4.16. The van der Waals surface area contributed by atoms with Gasteiger partial charge in [0.15, 0.2) is 0 Å². The third-order valence-corrected chi connectivity index (χ3v) is 7.42. The number of nitrogens with zero attached hydrogens (tertiary/aromatic N) is 2. The highest BCUT2D eigenvalue weighted by Gasteiger charge is 2.23. The Bertz CT molecular complexity index is 1400. The van der Waals surface area contributed by atoms with Gasteiger partial charge in [0.2, 0.25) is 11.8 Å². The Hall–Kier alpha value is -4.58. The van der Waals surface area contributed by atoms with Gasteiger partial charge in [-0.05, 0) is 83.9 Å². The van der Waals surface area contributed by atoms with E-state index in [1.165, 1.54) is 11.1 Å². The first-order chi connectivity index (χ1) is 20.0. The fourth-order valence-corrected chi connectivity index (χ4v) is 4.92. The van der Waals surface area contributed by atoms with Gasteiger partial charge in [-0.2, -0.15) is 0 Å². The number of hydrogen-bond acceptors (Lipinski definition) is 6. The highest BCUT2D eigenvalue weighted by Crippen LogP contribution is 2.35. The Morgan fingerprint density at radius 1 is 0.512 bits per heavy atom. The van der Waals surface area contributed by atoms with Gasteiger partial charge in [0.05, 0.1) is 13.2 Å². The van der Waals surface area contributed by atoms with E-state index in [-0.39, 0.29) is 5.41 Å². The quantitative estimate of drug-likeness (QED) is 0.225. The molecule has 208 valence electrons. The van der Waals surface area contributed by atoms with E-state index in [4.69, 9.17) is 18.9 Å². The van der Waals surface area contributed by atoms with Crippen LogP contribution in [0.3, 0.4) is 0 Å². The molecular weight excluding hydrogens is 512 g/mol. The fourth-order valence-electron chi connectivity index (χ4n) is 4.92. The summed E-state index contributed by atoms with van der Waals surface area (Å²) in [5, 5.41) is 0. The van der Waals surface area contributed by atoms with E-state index in [9.17, 15) is 0 Å². The van der Waals surface area contributed by atoms with Crippen molar-refractivity contribution in [1.82, 2.24) is 0 Å². The largest absolute Gasteiger partial charge is 0.477 e. The minimum atomic E-state index is -0.193. The van der Waals surface area contributed by atoms with Crippen LogP contribution in [0.1, 0.15) is 48.9 Å². The summed E-state index contributed by atoms with van der Waals surface area (Å²) in [6.45, 7) is 7.52. The Labute approximate surface area is 241 Å². The van der Waals surface area contributed by atoms with Crippen molar-refractivity contribution in [3.8, 4) is 23.0 Å². The van der Waals surface area contributed by atoms with Gasteiger partial charge >= 0.3 is 0 Å². The van der Waals surface area contributed by atoms with Crippen molar-refractivity contribution in [2.45, 2.75) is 32.1 Å². The van der Waals surface area contributed by atoms with Crippen LogP contribution in [0.2, 0.25) is 0 Å². The average molecular weight is 547 g/mol. The van der Waals surface area contributed by atoms with Crippen molar-refractivity contribution in [1.29, 1.82) is 0 Å². The van der Waals surface area contributed by atoms with E-state index in [2.05, 4.69) is 48.1 Å². The molecule has 0 fully saturated rings. The van der Waals surface area contributed by atoms with Crippen LogP contribution in [0.25, 0.3) is 0 Å². The van der Waals surface area contributed by atoms with E-state index in [0.29, 0.717) is 11.8 Å². The monoisotopic (exact) mass is 546 g/mol. The summed E-state index contributed by atoms with van der Waals surface area (Å²) in [6, 6.07) is 32.3. The molecule has 0 unspecified atom stereocenters. The Balaban J connectivity index is 1.08. The van der Waals surface area contributed by atoms with Crippen LogP contribution < -0.4 is 9.47 Å². The molecule has 4 aromatic rings. The van der Waals surface area contributed by atoms with E-state index >= 15 is 0 Å². The molecule has 0 atom stereocenters. The van der Waals surface area contributed by atoms with Crippen LogP contribution in [0.5, 0.6) is 23.0 Å². The van der Waals surface area contributed by atoms with Crippen LogP contribution in [-0.4, -0.2) is 38.1 Å². The van der Waals surface area contributed by atoms with Gasteiger partial charge in [-0.25, -0.2) is 0 Å². The average Bonchev–Trinajstić information content (AvgIpc) is 3.03. The lowest BCUT2D eigenvalue weighted by molar-refractivity contribution is 0.284. The predicted octanol–water partition coefficient (Wildman–Crippen LogP) is 7.93. The summed E-state index contributed by atoms with van der Waals surface area (Å²) >= 11 is 0. The predicted molar refractivity (Wildman–Crippen MR) is 162 cm³/mol. The molecular formula is C35H34N2O4. The fraction of sp³-hybridized carbons (Fsp3) is 0.257. The molecule has 0 saturated carbocycles. The molecule has 0 spiro atoms. The van der Waals surface area contributed by atoms with Crippen LogP contribution in [0.15, 0.2) is 107 Å². The van der Waals surface area contributed by atoms with Crippen LogP contribution in [0, 0.1) is 0 Å². The molecule has 0 bridgehead atoms. The molecule has 0 saturated heterocycles. The number of ether oxygens (including phenoxy) is 4. The van der Waals surface area contributed by atoms with Gasteiger partial charge in [-0.3, -0.25) is 9.98 Å². The summed E-state index contributed by atoms with van der Waals surface area (Å²) in [5.74, 6) is 4.56. The van der Waals surface area contributed by atoms with E-state index in [1.807, 2.05) is 72.8 Å². The van der Waals surface area contributed by atoms with Crippen molar-refractivity contribution in [3.63, 3.8) is 0 Å². The maximum absolute atomic E-state index is 6.10. The zero-order valence-corrected chi connectivity index (χ0v) is 23.5. The van der Waals surface area contributed by atoms with Crippen LogP contribution in [0.4, 0.5) is 0 Å². The van der Waals surface area contributed by atoms with E-state index in [0.717, 1.165) is 73.3 Å². The molecule has 6 rings (SSSR count). The Morgan fingerprint density at radius 2 is 0.854 bits per heavy atom. The number of benzene rings is 4. The maximum atomic E-state index is 6.10. The van der Waals surface area contributed by atoms with E-state index < -0.39 is 0 Å². The second-order valence-corrected chi connectivity index (χ2v) is 10.7. The topological polar surface area (TPSA) is 61.6 Å². The summed E-state index contributed by atoms with van der Waals surface area (Å²) in [4.78, 5) is 8.90. The van der Waals surface area contributed by atoms with Crippen LogP contribution in [-0.2, 0) is 14.9 Å². The third kappa shape index (κ3) is 6.27. The van der Waals surface area contributed by atoms with Gasteiger partial charge in [-0.15, -0.1) is 0 Å². The molecule has 6 heteroatoms. The molecule has 41 heavy (non-hydrogen) atoms. The SMILES string of the molecule is CC(C)(c1ccc(Oc2ccc(C3=NCCCO3)cc2)cc1)c1ccc(Oc2ccc(C3=NCCCO3)cc2)cc1. The molecule has 2 aliphatic heterocycles. The summed E-state index contributed by atoms with van der Waals surface area (Å²) in [7, 11) is 0. The first kappa shape index (κ1) is 26.6. The summed E-state index contributed by atoms with van der Waals surface area (Å²) < 4.78 is 23.5. The van der Waals surface area contributed by atoms with Gasteiger partial charge < -0.3 is 18.9 Å². The normalized spacial score (nSPS) is 15.2. The lowest BCUT2D eigenvalue weighted by atomic mass is 9.78. The second kappa shape index (κ2) is 11.9. The second-order valence-electron chi connectivity index (χ2n) is 10.7. The molecule has 2 aliphatic rings. The van der Waals surface area contributed by atoms with E-state index in [1.54, 1.807) is 0 Å². The lowest BCUT2D eigenvalue weighted by Gasteiger charge is -2.26. The molecule has 0 aliphatic carbocycles. The van der Waals surface area contributed by atoms with Crippen molar-refractivity contribution < 1.29 is 18.9 Å². The maximum Gasteiger partial charge on any atom is 0.216 e. The molecule has 0 radical (unpaired) electrons. The van der Waals surface area contributed by atoms with Crippen molar-refractivity contribution in [2.24, 2.45) is 9.98 Å². The number of hydrogen-bond donors (Lipinski definition) is 0. The first-order valence-corrected chi connectivity index (χ1v) is 14.2. The number of rotatable bonds is 8. The van der Waals surface area contributed by atoms with Crippen LogP contribution >= 0.6 is 0 Å². The first-order valence-electron chi connectivity index (χ1n) is 14.2. The number of aliphatic imine (C=N–C) groups is 2. The van der Waals surface area contributed by atoms with Gasteiger partial charge in [0.1, 0.15) is 23.0 Å². The molecule has 6 nitrogen and oxygen atoms in total. The summed E-state index contributed by atoms with van der Waals surface area (Å²) in [6.07, 6.45) is 1.94. The zero-order valence-electron chi connectivity index (χ0n) is 23.5. The minimum absolute atomic E-state index is 0.193. The highest BCUT2D eigenvalue weighted by atomic mass is 16.5. The van der Waals surface area contributed by atoms with Gasteiger partial charge in [-0.1, -0.05) is 38.1 Å². The molecule has 4 aromatic carbocycles. The van der Waals surface area contributed by atoms with Gasteiger partial charge in [0.25, 0.3) is 0 Å². The molecule has 0 aromatic heterocycles.